The summed E-state index contributed by atoms with van der Waals surface area (Å²) in [6.07, 6.45) is 0. The maximum absolute atomic E-state index is 12.3. The summed E-state index contributed by atoms with van der Waals surface area (Å²) < 4.78 is 24.6. The molecule has 0 unspecified atom stereocenters. The van der Waals surface area contributed by atoms with Crippen LogP contribution in [0.25, 0.3) is 0 Å². The van der Waals surface area contributed by atoms with Crippen LogP contribution in [0, 0.1) is 0 Å². The molecular formula is C17H17Cl2NO4S. The highest BCUT2D eigenvalue weighted by molar-refractivity contribution is 7.90. The molecule has 0 aliphatic rings. The molecule has 2 aromatic carbocycles. The van der Waals surface area contributed by atoms with Gasteiger partial charge in [0, 0.05) is 15.7 Å². The van der Waals surface area contributed by atoms with Crippen molar-refractivity contribution in [2.24, 2.45) is 0 Å². The number of aliphatic hydroxyl groups is 1. The van der Waals surface area contributed by atoms with Crippen molar-refractivity contribution in [1.29, 1.82) is 0 Å². The Morgan fingerprint density at radius 3 is 2.04 bits per heavy atom. The van der Waals surface area contributed by atoms with Crippen LogP contribution in [0.15, 0.2) is 48.5 Å². The fraction of sp³-hybridized carbons (Fsp3) is 0.235. The molecular weight excluding hydrogens is 385 g/mol. The monoisotopic (exact) mass is 401 g/mol. The van der Waals surface area contributed by atoms with Crippen LogP contribution < -0.4 is 5.32 Å². The molecule has 1 atom stereocenters. The molecule has 0 bridgehead atoms. The average Bonchev–Trinajstić information content (AvgIpc) is 2.50. The van der Waals surface area contributed by atoms with Crippen molar-refractivity contribution < 1.29 is 18.3 Å². The third-order valence-corrected chi connectivity index (χ3v) is 5.67. The van der Waals surface area contributed by atoms with E-state index in [-0.39, 0.29) is 5.75 Å². The van der Waals surface area contributed by atoms with E-state index in [2.05, 4.69) is 5.32 Å². The zero-order chi connectivity index (χ0) is 18.7. The third kappa shape index (κ3) is 6.01. The van der Waals surface area contributed by atoms with Crippen molar-refractivity contribution in [3.05, 3.63) is 64.1 Å². The summed E-state index contributed by atoms with van der Waals surface area (Å²) in [6, 6.07) is 12.6. The predicted octanol–water partition coefficient (Wildman–Crippen LogP) is 3.30. The first-order valence-corrected chi connectivity index (χ1v) is 9.89. The molecule has 0 fully saturated rings. The minimum atomic E-state index is -3.72. The Labute approximate surface area is 156 Å². The second-order valence-electron chi connectivity index (χ2n) is 5.89. The topological polar surface area (TPSA) is 83.5 Å². The van der Waals surface area contributed by atoms with Crippen LogP contribution in [0.1, 0.15) is 12.5 Å². The maximum atomic E-state index is 12.3. The predicted molar refractivity (Wildman–Crippen MR) is 99.6 cm³/mol. The number of carbonyl (C=O) groups is 1. The van der Waals surface area contributed by atoms with Gasteiger partial charge in [-0.25, -0.2) is 8.42 Å². The van der Waals surface area contributed by atoms with E-state index in [1.165, 1.54) is 0 Å². The second kappa shape index (κ2) is 7.74. The van der Waals surface area contributed by atoms with Crippen LogP contribution in [0.3, 0.4) is 0 Å². The van der Waals surface area contributed by atoms with E-state index in [1.807, 2.05) is 0 Å². The van der Waals surface area contributed by atoms with Crippen molar-refractivity contribution in [1.82, 2.24) is 0 Å². The van der Waals surface area contributed by atoms with Gasteiger partial charge < -0.3 is 10.4 Å². The third-order valence-electron chi connectivity index (χ3n) is 3.39. The van der Waals surface area contributed by atoms with Crippen LogP contribution >= 0.6 is 23.2 Å². The Hall–Kier alpha value is -1.60. The summed E-state index contributed by atoms with van der Waals surface area (Å²) in [5, 5.41) is 13.8. The molecule has 0 saturated heterocycles. The lowest BCUT2D eigenvalue weighted by Gasteiger charge is -2.22. The fourth-order valence-electron chi connectivity index (χ4n) is 2.18. The van der Waals surface area contributed by atoms with E-state index >= 15 is 0 Å². The summed E-state index contributed by atoms with van der Waals surface area (Å²) in [4.78, 5) is 12.2. The van der Waals surface area contributed by atoms with Gasteiger partial charge in [-0.05, 0) is 48.9 Å². The number of hydrogen-bond donors (Lipinski definition) is 2. The number of rotatable bonds is 6. The minimum absolute atomic E-state index is 0.297. The van der Waals surface area contributed by atoms with E-state index in [0.717, 1.165) is 6.92 Å². The Bertz CT molecular complexity index is 847. The van der Waals surface area contributed by atoms with E-state index in [1.54, 1.807) is 48.5 Å². The molecule has 0 radical (unpaired) electrons. The van der Waals surface area contributed by atoms with Crippen molar-refractivity contribution in [2.45, 2.75) is 18.3 Å². The molecule has 2 N–H and O–H groups in total. The molecule has 0 spiro atoms. The Morgan fingerprint density at radius 2 is 1.52 bits per heavy atom. The lowest BCUT2D eigenvalue weighted by atomic mass is 10.1. The number of anilines is 1. The number of amides is 1. The molecule has 2 rings (SSSR count). The van der Waals surface area contributed by atoms with E-state index in [4.69, 9.17) is 23.2 Å². The highest BCUT2D eigenvalue weighted by Gasteiger charge is 2.36. The van der Waals surface area contributed by atoms with Crippen molar-refractivity contribution in [2.75, 3.05) is 11.1 Å². The second-order valence-corrected chi connectivity index (χ2v) is 8.83. The summed E-state index contributed by atoms with van der Waals surface area (Å²) in [6.45, 7) is 1.16. The van der Waals surface area contributed by atoms with E-state index < -0.39 is 27.1 Å². The standard InChI is InChI=1S/C17H17Cl2NO4S/c1-17(22,16(21)20-15-8-6-14(19)7-9-15)11-25(23,24)10-12-2-4-13(18)5-3-12/h2-9,22H,10-11H2,1H3,(H,20,21)/t17-/m0/s1. The van der Waals surface area contributed by atoms with Gasteiger partial charge in [-0.2, -0.15) is 0 Å². The highest BCUT2D eigenvalue weighted by atomic mass is 35.5. The first-order valence-electron chi connectivity index (χ1n) is 7.32. The van der Waals surface area contributed by atoms with Crippen LogP contribution in [-0.2, 0) is 20.4 Å². The van der Waals surface area contributed by atoms with Crippen LogP contribution in [0.5, 0.6) is 0 Å². The van der Waals surface area contributed by atoms with Crippen molar-refractivity contribution in [3.63, 3.8) is 0 Å². The molecule has 0 heterocycles. The van der Waals surface area contributed by atoms with Crippen molar-refractivity contribution >= 4 is 44.6 Å². The normalized spacial score (nSPS) is 13.9. The largest absolute Gasteiger partial charge is 0.379 e. The summed E-state index contributed by atoms with van der Waals surface area (Å²) in [7, 11) is -3.72. The number of hydrogen-bond acceptors (Lipinski definition) is 4. The average molecular weight is 402 g/mol. The van der Waals surface area contributed by atoms with Crippen LogP contribution in [0.4, 0.5) is 5.69 Å². The lowest BCUT2D eigenvalue weighted by molar-refractivity contribution is -0.130. The molecule has 5 nitrogen and oxygen atoms in total. The lowest BCUT2D eigenvalue weighted by Crippen LogP contribution is -2.46. The van der Waals surface area contributed by atoms with Crippen LogP contribution in [-0.4, -0.2) is 30.8 Å². The van der Waals surface area contributed by atoms with Gasteiger partial charge in [-0.15, -0.1) is 0 Å². The van der Waals surface area contributed by atoms with Gasteiger partial charge in [-0.1, -0.05) is 35.3 Å². The van der Waals surface area contributed by atoms with E-state index in [9.17, 15) is 18.3 Å². The summed E-state index contributed by atoms with van der Waals surface area (Å²) in [5.41, 5.74) is -1.15. The SMILES string of the molecule is C[C@](O)(CS(=O)(=O)Cc1ccc(Cl)cc1)C(=O)Nc1ccc(Cl)cc1. The van der Waals surface area contributed by atoms with Crippen molar-refractivity contribution in [3.8, 4) is 0 Å². The first-order chi connectivity index (χ1) is 11.6. The molecule has 1 amide bonds. The number of benzene rings is 2. The van der Waals surface area contributed by atoms with Gasteiger partial charge in [0.2, 0.25) is 0 Å². The van der Waals surface area contributed by atoms with Gasteiger partial charge in [0.1, 0.15) is 0 Å². The van der Waals surface area contributed by atoms with Gasteiger partial charge in [0.25, 0.3) is 5.91 Å². The van der Waals surface area contributed by atoms with Gasteiger partial charge in [0.05, 0.1) is 11.5 Å². The number of sulfone groups is 1. The van der Waals surface area contributed by atoms with Gasteiger partial charge >= 0.3 is 0 Å². The minimum Gasteiger partial charge on any atom is -0.379 e. The summed E-state index contributed by atoms with van der Waals surface area (Å²) >= 11 is 11.5. The number of carbonyl (C=O) groups excluding carboxylic acids is 1. The summed E-state index contributed by atoms with van der Waals surface area (Å²) in [5.74, 6) is -1.81. The number of halogens is 2. The fourth-order valence-corrected chi connectivity index (χ4v) is 4.22. The molecule has 25 heavy (non-hydrogen) atoms. The molecule has 2 aromatic rings. The molecule has 0 aliphatic carbocycles. The maximum Gasteiger partial charge on any atom is 0.257 e. The molecule has 134 valence electrons. The number of nitrogens with one attached hydrogen (secondary N) is 1. The Balaban J connectivity index is 2.06. The zero-order valence-electron chi connectivity index (χ0n) is 13.4. The Kier molecular flexibility index (Phi) is 6.11. The molecule has 0 aromatic heterocycles. The quantitative estimate of drug-likeness (QED) is 0.777. The Morgan fingerprint density at radius 1 is 1.04 bits per heavy atom. The molecule has 0 aliphatic heterocycles. The van der Waals surface area contributed by atoms with Gasteiger partial charge in [-0.3, -0.25) is 4.79 Å². The highest BCUT2D eigenvalue weighted by Crippen LogP contribution is 2.19. The van der Waals surface area contributed by atoms with Gasteiger partial charge in [0.15, 0.2) is 15.4 Å². The van der Waals surface area contributed by atoms with Crippen LogP contribution in [0.2, 0.25) is 10.0 Å². The molecule has 8 heteroatoms. The zero-order valence-corrected chi connectivity index (χ0v) is 15.7. The molecule has 0 saturated carbocycles. The van der Waals surface area contributed by atoms with E-state index in [0.29, 0.717) is 21.3 Å². The first kappa shape index (κ1) is 19.7. The smallest absolute Gasteiger partial charge is 0.257 e.